The van der Waals surface area contributed by atoms with Crippen molar-refractivity contribution in [3.05, 3.63) is 94.8 Å². The van der Waals surface area contributed by atoms with Gasteiger partial charge in [-0.15, -0.1) is 0 Å². The van der Waals surface area contributed by atoms with Crippen LogP contribution in [0.15, 0.2) is 60.7 Å². The van der Waals surface area contributed by atoms with E-state index >= 15 is 0 Å². The molecule has 4 nitrogen and oxygen atoms in total. The van der Waals surface area contributed by atoms with Gasteiger partial charge in [0, 0.05) is 23.5 Å². The molecule has 3 aromatic carbocycles. The Morgan fingerprint density at radius 1 is 0.897 bits per heavy atom. The van der Waals surface area contributed by atoms with Gasteiger partial charge in [0.2, 0.25) is 0 Å². The fraction of sp³-hybridized carbons (Fsp3) is 0.0909. The molecule has 0 aliphatic carbocycles. The number of carbonyl (C=O) groups excluding carboxylic acids is 2. The van der Waals surface area contributed by atoms with Crippen LogP contribution in [-0.2, 0) is 6.42 Å². The average molecular weight is 396 g/mol. The van der Waals surface area contributed by atoms with Crippen LogP contribution in [0.2, 0.25) is 0 Å². The lowest BCUT2D eigenvalue weighted by molar-refractivity contribution is 0.0987. The summed E-state index contributed by atoms with van der Waals surface area (Å²) in [4.78, 5) is 26.6. The molecule has 0 saturated heterocycles. The third-order valence-corrected chi connectivity index (χ3v) is 4.78. The van der Waals surface area contributed by atoms with E-state index in [2.05, 4.69) is 5.32 Å². The molecule has 1 aliphatic rings. The first-order valence-corrected chi connectivity index (χ1v) is 8.90. The Hall–Kier alpha value is -3.61. The molecule has 0 saturated carbocycles. The molecule has 29 heavy (non-hydrogen) atoms. The third kappa shape index (κ3) is 3.47. The smallest absolute Gasteiger partial charge is 0.258 e. The molecular formula is C22H15F3N2O2. The summed E-state index contributed by atoms with van der Waals surface area (Å²) < 4.78 is 40.2. The standard InChI is InChI=1S/C22H15F3N2O2/c23-17-8-7-16(19(24)20(17)25)21(28)26-15-6-9-18-14(12-15)10-11-27(18)22(29)13-4-2-1-3-5-13/h1-9,12H,10-11H2,(H,26,28). The molecule has 0 fully saturated rings. The molecule has 0 atom stereocenters. The maximum absolute atomic E-state index is 13.8. The molecule has 4 rings (SSSR count). The van der Waals surface area contributed by atoms with Crippen molar-refractivity contribution in [3.63, 3.8) is 0 Å². The van der Waals surface area contributed by atoms with E-state index in [1.165, 1.54) is 0 Å². The van der Waals surface area contributed by atoms with Gasteiger partial charge in [-0.1, -0.05) is 18.2 Å². The lowest BCUT2D eigenvalue weighted by atomic mass is 10.1. The van der Waals surface area contributed by atoms with E-state index in [0.717, 1.165) is 17.3 Å². The molecular weight excluding hydrogens is 381 g/mol. The van der Waals surface area contributed by atoms with Gasteiger partial charge >= 0.3 is 0 Å². The van der Waals surface area contributed by atoms with E-state index in [1.54, 1.807) is 47.4 Å². The average Bonchev–Trinajstić information content (AvgIpc) is 3.15. The second kappa shape index (κ2) is 7.43. The largest absolute Gasteiger partial charge is 0.322 e. The maximum atomic E-state index is 13.8. The SMILES string of the molecule is O=C(Nc1ccc2c(c1)CCN2C(=O)c1ccccc1)c1ccc(F)c(F)c1F. The van der Waals surface area contributed by atoms with Crippen molar-refractivity contribution in [3.8, 4) is 0 Å². The van der Waals surface area contributed by atoms with Crippen molar-refractivity contribution in [2.24, 2.45) is 0 Å². The fourth-order valence-electron chi connectivity index (χ4n) is 3.33. The van der Waals surface area contributed by atoms with E-state index in [4.69, 9.17) is 0 Å². The molecule has 3 aromatic rings. The van der Waals surface area contributed by atoms with Gasteiger partial charge in [-0.2, -0.15) is 0 Å². The van der Waals surface area contributed by atoms with Gasteiger partial charge < -0.3 is 10.2 Å². The molecule has 0 aromatic heterocycles. The van der Waals surface area contributed by atoms with E-state index < -0.39 is 28.9 Å². The number of nitrogens with one attached hydrogen (secondary N) is 1. The minimum Gasteiger partial charge on any atom is -0.322 e. The minimum absolute atomic E-state index is 0.120. The zero-order valence-corrected chi connectivity index (χ0v) is 15.1. The number of nitrogens with zero attached hydrogens (tertiary/aromatic N) is 1. The summed E-state index contributed by atoms with van der Waals surface area (Å²) in [7, 11) is 0. The fourth-order valence-corrected chi connectivity index (χ4v) is 3.33. The molecule has 0 bridgehead atoms. The van der Waals surface area contributed by atoms with Crippen molar-refractivity contribution in [1.29, 1.82) is 0 Å². The van der Waals surface area contributed by atoms with Gasteiger partial charge in [-0.05, 0) is 54.4 Å². The van der Waals surface area contributed by atoms with Gasteiger partial charge in [0.05, 0.1) is 5.56 Å². The normalized spacial score (nSPS) is 12.6. The van der Waals surface area contributed by atoms with E-state index in [1.807, 2.05) is 6.07 Å². The molecule has 0 spiro atoms. The lowest BCUT2D eigenvalue weighted by Gasteiger charge is -2.17. The zero-order valence-electron chi connectivity index (χ0n) is 15.1. The predicted molar refractivity (Wildman–Crippen MR) is 103 cm³/mol. The Morgan fingerprint density at radius 2 is 1.66 bits per heavy atom. The quantitative estimate of drug-likeness (QED) is 0.660. The van der Waals surface area contributed by atoms with Gasteiger partial charge in [0.1, 0.15) is 0 Å². The van der Waals surface area contributed by atoms with Crippen LogP contribution >= 0.6 is 0 Å². The monoisotopic (exact) mass is 396 g/mol. The molecule has 146 valence electrons. The number of fused-ring (bicyclic) bond motifs is 1. The topological polar surface area (TPSA) is 49.4 Å². The number of carbonyl (C=O) groups is 2. The van der Waals surface area contributed by atoms with Gasteiger partial charge in [0.15, 0.2) is 17.5 Å². The number of rotatable bonds is 3. The van der Waals surface area contributed by atoms with Crippen molar-refractivity contribution >= 4 is 23.2 Å². The summed E-state index contributed by atoms with van der Waals surface area (Å²) in [6, 6.07) is 15.4. The van der Waals surface area contributed by atoms with Crippen molar-refractivity contribution in [2.45, 2.75) is 6.42 Å². The van der Waals surface area contributed by atoms with Crippen LogP contribution in [0, 0.1) is 17.5 Å². The molecule has 7 heteroatoms. The second-order valence-corrected chi connectivity index (χ2v) is 6.59. The third-order valence-electron chi connectivity index (χ3n) is 4.78. The number of benzene rings is 3. The molecule has 1 N–H and O–H groups in total. The molecule has 1 heterocycles. The Labute approximate surface area is 164 Å². The number of amides is 2. The van der Waals surface area contributed by atoms with Crippen LogP contribution in [0.25, 0.3) is 0 Å². The van der Waals surface area contributed by atoms with Crippen LogP contribution in [0.3, 0.4) is 0 Å². The summed E-state index contributed by atoms with van der Waals surface area (Å²) in [5.41, 5.74) is 1.93. The first-order chi connectivity index (χ1) is 14.0. The van der Waals surface area contributed by atoms with E-state index in [9.17, 15) is 22.8 Å². The van der Waals surface area contributed by atoms with Gasteiger partial charge in [-0.25, -0.2) is 13.2 Å². The summed E-state index contributed by atoms with van der Waals surface area (Å²) in [6.07, 6.45) is 0.594. The maximum Gasteiger partial charge on any atom is 0.258 e. The summed E-state index contributed by atoms with van der Waals surface area (Å²) in [5, 5.41) is 2.48. The molecule has 1 aliphatic heterocycles. The summed E-state index contributed by atoms with van der Waals surface area (Å²) >= 11 is 0. The van der Waals surface area contributed by atoms with E-state index in [0.29, 0.717) is 30.3 Å². The summed E-state index contributed by atoms with van der Waals surface area (Å²) in [6.45, 7) is 0.498. The van der Waals surface area contributed by atoms with Crippen molar-refractivity contribution in [2.75, 3.05) is 16.8 Å². The van der Waals surface area contributed by atoms with Crippen LogP contribution in [0.5, 0.6) is 0 Å². The molecule has 0 radical (unpaired) electrons. The van der Waals surface area contributed by atoms with Crippen molar-refractivity contribution < 1.29 is 22.8 Å². The van der Waals surface area contributed by atoms with Crippen LogP contribution in [0.4, 0.5) is 24.5 Å². The lowest BCUT2D eigenvalue weighted by Crippen LogP contribution is -2.28. The van der Waals surface area contributed by atoms with Crippen LogP contribution in [0.1, 0.15) is 26.3 Å². The first-order valence-electron chi connectivity index (χ1n) is 8.90. The zero-order chi connectivity index (χ0) is 20.5. The van der Waals surface area contributed by atoms with Crippen LogP contribution < -0.4 is 10.2 Å². The number of hydrogen-bond acceptors (Lipinski definition) is 2. The van der Waals surface area contributed by atoms with Gasteiger partial charge in [-0.3, -0.25) is 9.59 Å². The van der Waals surface area contributed by atoms with Gasteiger partial charge in [0.25, 0.3) is 11.8 Å². The highest BCUT2D eigenvalue weighted by atomic mass is 19.2. The van der Waals surface area contributed by atoms with Crippen LogP contribution in [-0.4, -0.2) is 18.4 Å². The highest BCUT2D eigenvalue weighted by Gasteiger charge is 2.26. The minimum atomic E-state index is -1.69. The predicted octanol–water partition coefficient (Wildman–Crippen LogP) is 4.56. The Kier molecular flexibility index (Phi) is 4.80. The number of anilines is 2. The number of halogens is 3. The first kappa shape index (κ1) is 18.7. The number of hydrogen-bond donors (Lipinski definition) is 1. The Balaban J connectivity index is 1.55. The Bertz CT molecular complexity index is 1120. The van der Waals surface area contributed by atoms with Crippen molar-refractivity contribution in [1.82, 2.24) is 0 Å². The Morgan fingerprint density at radius 3 is 2.41 bits per heavy atom. The highest BCUT2D eigenvalue weighted by Crippen LogP contribution is 2.32. The second-order valence-electron chi connectivity index (χ2n) is 6.59. The molecule has 2 amide bonds. The highest BCUT2D eigenvalue weighted by molar-refractivity contribution is 6.08. The summed E-state index contributed by atoms with van der Waals surface area (Å²) in [5.74, 6) is -5.61. The molecule has 0 unspecified atom stereocenters. The van der Waals surface area contributed by atoms with E-state index in [-0.39, 0.29) is 5.91 Å².